The molecule has 0 radical (unpaired) electrons. The lowest BCUT2D eigenvalue weighted by molar-refractivity contribution is -0.384. The monoisotopic (exact) mass is 349 g/mol. The molecule has 0 aliphatic rings. The summed E-state index contributed by atoms with van der Waals surface area (Å²) in [6.45, 7) is 0. The molecule has 3 heterocycles. The van der Waals surface area contributed by atoms with E-state index in [2.05, 4.69) is 15.0 Å². The molecule has 0 fully saturated rings. The minimum absolute atomic E-state index is 0.0209. The maximum Gasteiger partial charge on any atom is 0.271 e. The molecule has 0 saturated heterocycles. The second-order valence-corrected chi connectivity index (χ2v) is 6.18. The summed E-state index contributed by atoms with van der Waals surface area (Å²) in [5.41, 5.74) is 2.03. The fourth-order valence-electron chi connectivity index (χ4n) is 2.45. The molecule has 0 bridgehead atoms. The van der Waals surface area contributed by atoms with Crippen molar-refractivity contribution in [2.24, 2.45) is 0 Å². The molecule has 4 rings (SSSR count). The summed E-state index contributed by atoms with van der Waals surface area (Å²) in [6, 6.07) is 13.9. The Hall–Kier alpha value is -3.26. The smallest absolute Gasteiger partial charge is 0.271 e. The van der Waals surface area contributed by atoms with E-state index < -0.39 is 4.92 Å². The molecule has 0 N–H and O–H groups in total. The first-order chi connectivity index (χ1) is 12.2. The number of rotatable bonds is 4. The largest absolute Gasteiger partial charge is 0.271 e. The quantitative estimate of drug-likeness (QED) is 0.410. The Balaban J connectivity index is 1.90. The number of nitrogens with zero attached hydrogens (tertiary/aromatic N) is 5. The van der Waals surface area contributed by atoms with Crippen LogP contribution in [0.25, 0.3) is 16.9 Å². The molecule has 0 aliphatic heterocycles. The lowest BCUT2D eigenvalue weighted by Gasteiger charge is -2.08. The average Bonchev–Trinajstić information content (AvgIpc) is 3.00. The van der Waals surface area contributed by atoms with Crippen molar-refractivity contribution in [2.75, 3.05) is 0 Å². The fourth-order valence-corrected chi connectivity index (χ4v) is 3.35. The van der Waals surface area contributed by atoms with Crippen molar-refractivity contribution in [3.05, 3.63) is 77.2 Å². The maximum atomic E-state index is 11.1. The molecular weight excluding hydrogens is 338 g/mol. The van der Waals surface area contributed by atoms with Gasteiger partial charge in [0.15, 0.2) is 10.8 Å². The molecule has 0 unspecified atom stereocenters. The number of benzene rings is 1. The highest BCUT2D eigenvalue weighted by Crippen LogP contribution is 2.32. The van der Waals surface area contributed by atoms with Crippen LogP contribution in [0, 0.1) is 10.1 Å². The Morgan fingerprint density at radius 3 is 2.76 bits per heavy atom. The first kappa shape index (κ1) is 15.3. The van der Waals surface area contributed by atoms with Gasteiger partial charge in [-0.1, -0.05) is 6.07 Å². The first-order valence-corrected chi connectivity index (χ1v) is 8.20. The maximum absolute atomic E-state index is 11.1. The molecule has 0 spiro atoms. The Morgan fingerprint density at radius 1 is 1.08 bits per heavy atom. The predicted molar refractivity (Wildman–Crippen MR) is 93.9 cm³/mol. The lowest BCUT2D eigenvalue weighted by atomic mass is 10.3. The SMILES string of the molecule is O=[N+]([O-])c1cccc(-n2c(Sc3cccnc3)nc3cccnc32)c1. The summed E-state index contributed by atoms with van der Waals surface area (Å²) in [4.78, 5) is 24.8. The normalized spacial score (nSPS) is 10.9. The highest BCUT2D eigenvalue weighted by Gasteiger charge is 2.16. The van der Waals surface area contributed by atoms with E-state index in [1.165, 1.54) is 23.9 Å². The van der Waals surface area contributed by atoms with Crippen LogP contribution in [0.3, 0.4) is 0 Å². The molecule has 0 amide bonds. The van der Waals surface area contributed by atoms with Gasteiger partial charge in [0, 0.05) is 35.6 Å². The number of hydrogen-bond donors (Lipinski definition) is 0. The zero-order chi connectivity index (χ0) is 17.2. The van der Waals surface area contributed by atoms with Gasteiger partial charge in [0.1, 0.15) is 5.52 Å². The van der Waals surface area contributed by atoms with E-state index in [4.69, 9.17) is 0 Å². The molecule has 0 saturated carbocycles. The van der Waals surface area contributed by atoms with Crippen LogP contribution in [0.1, 0.15) is 0 Å². The summed E-state index contributed by atoms with van der Waals surface area (Å²) >= 11 is 1.43. The number of nitro benzene ring substituents is 1. The highest BCUT2D eigenvalue weighted by molar-refractivity contribution is 7.99. The molecule has 1 aromatic carbocycles. The Bertz CT molecular complexity index is 1070. The topological polar surface area (TPSA) is 86.7 Å². The van der Waals surface area contributed by atoms with E-state index in [0.29, 0.717) is 16.5 Å². The van der Waals surface area contributed by atoms with Crippen LogP contribution in [0.5, 0.6) is 0 Å². The average molecular weight is 349 g/mol. The summed E-state index contributed by atoms with van der Waals surface area (Å²) in [5, 5.41) is 11.8. The van der Waals surface area contributed by atoms with Crippen molar-refractivity contribution in [3.8, 4) is 5.69 Å². The molecule has 0 aliphatic carbocycles. The highest BCUT2D eigenvalue weighted by atomic mass is 32.2. The zero-order valence-corrected chi connectivity index (χ0v) is 13.6. The number of nitro groups is 1. The minimum atomic E-state index is -0.413. The fraction of sp³-hybridized carbons (Fsp3) is 0. The number of imidazole rings is 1. The van der Waals surface area contributed by atoms with E-state index in [0.717, 1.165) is 10.4 Å². The molecule has 3 aromatic heterocycles. The number of pyridine rings is 2. The molecule has 8 heteroatoms. The van der Waals surface area contributed by atoms with Gasteiger partial charge in [-0.3, -0.25) is 19.7 Å². The standard InChI is InChI=1S/C17H11N5O2S/c23-22(24)13-5-1-4-12(10-13)21-16-15(7-3-9-19-16)20-17(21)25-14-6-2-8-18-11-14/h1-11H. The van der Waals surface area contributed by atoms with Gasteiger partial charge >= 0.3 is 0 Å². The van der Waals surface area contributed by atoms with E-state index in [1.807, 2.05) is 28.8 Å². The van der Waals surface area contributed by atoms with Gasteiger partial charge in [-0.05, 0) is 42.1 Å². The Morgan fingerprint density at radius 2 is 1.96 bits per heavy atom. The third-order valence-corrected chi connectivity index (χ3v) is 4.46. The van der Waals surface area contributed by atoms with Crippen molar-refractivity contribution in [1.82, 2.24) is 19.5 Å². The molecule has 4 aromatic rings. The molecule has 0 atom stereocenters. The summed E-state index contributed by atoms with van der Waals surface area (Å²) in [7, 11) is 0. The second-order valence-electron chi connectivity index (χ2n) is 5.14. The van der Waals surface area contributed by atoms with Gasteiger partial charge < -0.3 is 0 Å². The number of aromatic nitrogens is 4. The van der Waals surface area contributed by atoms with Crippen molar-refractivity contribution in [1.29, 1.82) is 0 Å². The van der Waals surface area contributed by atoms with Crippen molar-refractivity contribution >= 4 is 28.6 Å². The van der Waals surface area contributed by atoms with Crippen LogP contribution in [0.15, 0.2) is 77.2 Å². The molecule has 7 nitrogen and oxygen atoms in total. The van der Waals surface area contributed by atoms with Crippen LogP contribution in [0.4, 0.5) is 5.69 Å². The summed E-state index contributed by atoms with van der Waals surface area (Å²) in [6.07, 6.45) is 5.13. The van der Waals surface area contributed by atoms with Gasteiger partial charge in [-0.2, -0.15) is 0 Å². The molecular formula is C17H11N5O2S. The van der Waals surface area contributed by atoms with E-state index in [1.54, 1.807) is 30.7 Å². The minimum Gasteiger partial charge on any atom is -0.271 e. The second kappa shape index (κ2) is 6.33. The predicted octanol–water partition coefficient (Wildman–Crippen LogP) is 3.87. The van der Waals surface area contributed by atoms with Gasteiger partial charge in [0.25, 0.3) is 5.69 Å². The third-order valence-electron chi connectivity index (χ3n) is 3.53. The van der Waals surface area contributed by atoms with Crippen LogP contribution in [-0.4, -0.2) is 24.4 Å². The van der Waals surface area contributed by atoms with Crippen LogP contribution < -0.4 is 0 Å². The molecule has 25 heavy (non-hydrogen) atoms. The Kier molecular flexibility index (Phi) is 3.87. The summed E-state index contributed by atoms with van der Waals surface area (Å²) in [5.74, 6) is 0. The van der Waals surface area contributed by atoms with Crippen LogP contribution in [-0.2, 0) is 0 Å². The van der Waals surface area contributed by atoms with Gasteiger partial charge in [-0.15, -0.1) is 0 Å². The number of hydrogen-bond acceptors (Lipinski definition) is 6. The van der Waals surface area contributed by atoms with Crippen molar-refractivity contribution < 1.29 is 4.92 Å². The van der Waals surface area contributed by atoms with Crippen LogP contribution in [0.2, 0.25) is 0 Å². The first-order valence-electron chi connectivity index (χ1n) is 7.38. The van der Waals surface area contributed by atoms with E-state index in [9.17, 15) is 10.1 Å². The molecule has 122 valence electrons. The summed E-state index contributed by atoms with van der Waals surface area (Å²) < 4.78 is 1.82. The van der Waals surface area contributed by atoms with Gasteiger partial charge in [0.05, 0.1) is 10.6 Å². The number of fused-ring (bicyclic) bond motifs is 1. The van der Waals surface area contributed by atoms with Gasteiger partial charge in [-0.25, -0.2) is 9.97 Å². The van der Waals surface area contributed by atoms with Gasteiger partial charge in [0.2, 0.25) is 0 Å². The third kappa shape index (κ3) is 2.94. The van der Waals surface area contributed by atoms with Crippen molar-refractivity contribution in [2.45, 2.75) is 10.1 Å². The van der Waals surface area contributed by atoms with Crippen LogP contribution >= 0.6 is 11.8 Å². The number of non-ortho nitro benzene ring substituents is 1. The van der Waals surface area contributed by atoms with Crippen molar-refractivity contribution in [3.63, 3.8) is 0 Å². The van der Waals surface area contributed by atoms with E-state index in [-0.39, 0.29) is 5.69 Å². The van der Waals surface area contributed by atoms with E-state index >= 15 is 0 Å². The zero-order valence-electron chi connectivity index (χ0n) is 12.8. The Labute approximate surface area is 146 Å². The lowest BCUT2D eigenvalue weighted by Crippen LogP contribution is -1.99.